The summed E-state index contributed by atoms with van der Waals surface area (Å²) in [5.41, 5.74) is 2.15. The molecule has 0 bridgehead atoms. The number of hydrogen-bond donors (Lipinski definition) is 1. The maximum Gasteiger partial charge on any atom is 0.168 e. The van der Waals surface area contributed by atoms with Crippen molar-refractivity contribution in [2.75, 3.05) is 26.9 Å². The molecule has 2 aromatic rings. The molecular formula is C30H40O6. The highest BCUT2D eigenvalue weighted by molar-refractivity contribution is 5.26. The molecule has 0 aliphatic carbocycles. The highest BCUT2D eigenvalue weighted by atomic mass is 16.7. The maximum absolute atomic E-state index is 10.9. The largest absolute Gasteiger partial charge is 0.497 e. The Morgan fingerprint density at radius 3 is 2.36 bits per heavy atom. The van der Waals surface area contributed by atoms with Crippen molar-refractivity contribution in [1.29, 1.82) is 0 Å². The minimum absolute atomic E-state index is 0.0513. The van der Waals surface area contributed by atoms with E-state index in [1.807, 2.05) is 54.6 Å². The van der Waals surface area contributed by atoms with Crippen molar-refractivity contribution in [3.8, 4) is 17.6 Å². The molecular weight excluding hydrogens is 456 g/mol. The van der Waals surface area contributed by atoms with Gasteiger partial charge in [0.05, 0.1) is 51.7 Å². The van der Waals surface area contributed by atoms with Crippen molar-refractivity contribution in [2.24, 2.45) is 5.92 Å². The number of benzene rings is 2. The smallest absolute Gasteiger partial charge is 0.168 e. The summed E-state index contributed by atoms with van der Waals surface area (Å²) < 4.78 is 28.9. The zero-order valence-corrected chi connectivity index (χ0v) is 21.8. The zero-order valence-electron chi connectivity index (χ0n) is 21.8. The summed E-state index contributed by atoms with van der Waals surface area (Å²) in [5.74, 6) is 6.46. The monoisotopic (exact) mass is 496 g/mol. The Morgan fingerprint density at radius 2 is 1.69 bits per heavy atom. The van der Waals surface area contributed by atoms with E-state index in [2.05, 4.69) is 25.7 Å². The third-order valence-corrected chi connectivity index (χ3v) is 6.47. The van der Waals surface area contributed by atoms with Crippen molar-refractivity contribution >= 4 is 0 Å². The molecule has 196 valence electrons. The molecule has 0 radical (unpaired) electrons. The normalized spacial score (nSPS) is 18.3. The number of methoxy groups -OCH3 is 1. The van der Waals surface area contributed by atoms with Crippen molar-refractivity contribution in [3.05, 3.63) is 65.7 Å². The van der Waals surface area contributed by atoms with E-state index in [1.165, 1.54) is 0 Å². The molecule has 0 saturated carbocycles. The van der Waals surface area contributed by atoms with Crippen molar-refractivity contribution in [2.45, 2.75) is 70.7 Å². The van der Waals surface area contributed by atoms with Crippen LogP contribution < -0.4 is 4.74 Å². The molecule has 1 aliphatic heterocycles. The molecule has 3 rings (SSSR count). The fourth-order valence-corrected chi connectivity index (χ4v) is 4.09. The van der Waals surface area contributed by atoms with Crippen LogP contribution in [0.5, 0.6) is 5.75 Å². The first kappa shape index (κ1) is 28.2. The summed E-state index contributed by atoms with van der Waals surface area (Å²) in [5, 5.41) is 10.9. The molecule has 1 heterocycles. The Morgan fingerprint density at radius 1 is 1.00 bits per heavy atom. The van der Waals surface area contributed by atoms with E-state index < -0.39 is 11.9 Å². The molecule has 1 fully saturated rings. The summed E-state index contributed by atoms with van der Waals surface area (Å²) in [4.78, 5) is 0. The third kappa shape index (κ3) is 8.92. The number of ether oxygens (including phenoxy) is 5. The average Bonchev–Trinajstić information content (AvgIpc) is 3.35. The van der Waals surface area contributed by atoms with Gasteiger partial charge in [0.25, 0.3) is 0 Å². The summed E-state index contributed by atoms with van der Waals surface area (Å²) in [6, 6.07) is 17.8. The fraction of sp³-hybridized carbons (Fsp3) is 0.533. The fourth-order valence-electron chi connectivity index (χ4n) is 4.09. The lowest BCUT2D eigenvalue weighted by molar-refractivity contribution is -0.171. The van der Waals surface area contributed by atoms with Crippen LogP contribution in [-0.4, -0.2) is 50.0 Å². The second-order valence-corrected chi connectivity index (χ2v) is 9.06. The van der Waals surface area contributed by atoms with Crippen LogP contribution in [0, 0.1) is 17.8 Å². The van der Waals surface area contributed by atoms with Crippen LogP contribution in [0.1, 0.15) is 50.7 Å². The molecule has 6 nitrogen and oxygen atoms in total. The van der Waals surface area contributed by atoms with Gasteiger partial charge in [0.2, 0.25) is 0 Å². The predicted molar refractivity (Wildman–Crippen MR) is 139 cm³/mol. The van der Waals surface area contributed by atoms with Gasteiger partial charge in [-0.1, -0.05) is 62.2 Å². The van der Waals surface area contributed by atoms with Gasteiger partial charge in [-0.25, -0.2) is 0 Å². The van der Waals surface area contributed by atoms with Gasteiger partial charge in [0.1, 0.15) is 5.75 Å². The highest BCUT2D eigenvalue weighted by Crippen LogP contribution is 2.31. The minimum atomic E-state index is -0.657. The molecule has 3 atom stereocenters. The molecule has 0 unspecified atom stereocenters. The van der Waals surface area contributed by atoms with Crippen LogP contribution in [0.4, 0.5) is 0 Å². The van der Waals surface area contributed by atoms with Gasteiger partial charge in [-0.05, 0) is 42.5 Å². The molecule has 0 aromatic heterocycles. The maximum atomic E-state index is 10.9. The lowest BCUT2D eigenvalue weighted by atomic mass is 10.0. The standard InChI is InChI=1S/C30H40O6/c1-4-30(5-2)35-23-28(36-30)13-9-12-26(22-34-21-25-14-16-27(32-3)17-15-25)29(31)18-19-33-20-24-10-7-6-8-11-24/h6-8,10-11,14-17,26,28-29,31H,4-5,13,18-23H2,1-3H3/t26-,28-,29-/m0/s1. The van der Waals surface area contributed by atoms with Gasteiger partial charge < -0.3 is 28.8 Å². The molecule has 1 aliphatic rings. The van der Waals surface area contributed by atoms with Gasteiger partial charge >= 0.3 is 0 Å². The van der Waals surface area contributed by atoms with Crippen molar-refractivity contribution in [1.82, 2.24) is 0 Å². The van der Waals surface area contributed by atoms with Crippen LogP contribution in [0.3, 0.4) is 0 Å². The van der Waals surface area contributed by atoms with Crippen LogP contribution in [-0.2, 0) is 32.2 Å². The van der Waals surface area contributed by atoms with Crippen LogP contribution in [0.2, 0.25) is 0 Å². The lowest BCUT2D eigenvalue weighted by Gasteiger charge is -2.24. The minimum Gasteiger partial charge on any atom is -0.497 e. The van der Waals surface area contributed by atoms with E-state index in [0.717, 1.165) is 29.7 Å². The van der Waals surface area contributed by atoms with Crippen LogP contribution in [0.25, 0.3) is 0 Å². The molecule has 2 aromatic carbocycles. The highest BCUT2D eigenvalue weighted by Gasteiger charge is 2.37. The van der Waals surface area contributed by atoms with E-state index in [0.29, 0.717) is 45.9 Å². The number of aliphatic hydroxyl groups is 1. The van der Waals surface area contributed by atoms with Crippen LogP contribution in [0.15, 0.2) is 54.6 Å². The van der Waals surface area contributed by atoms with Crippen LogP contribution >= 0.6 is 0 Å². The molecule has 0 amide bonds. The number of rotatable bonds is 14. The average molecular weight is 497 g/mol. The van der Waals surface area contributed by atoms with Gasteiger partial charge in [-0.3, -0.25) is 0 Å². The second-order valence-electron chi connectivity index (χ2n) is 9.06. The number of aliphatic hydroxyl groups excluding tert-OH is 1. The van der Waals surface area contributed by atoms with E-state index in [-0.39, 0.29) is 12.0 Å². The zero-order chi connectivity index (χ0) is 25.6. The Hall–Kier alpha value is -2.40. The quantitative estimate of drug-likeness (QED) is 0.289. The molecule has 0 spiro atoms. The van der Waals surface area contributed by atoms with E-state index in [4.69, 9.17) is 23.7 Å². The van der Waals surface area contributed by atoms with Crippen molar-refractivity contribution < 1.29 is 28.8 Å². The SMILES string of the molecule is CCC1(CC)OC[C@H](CC#C[C@@H](COCc2ccc(OC)cc2)[C@@H](O)CCOCc2ccccc2)O1. The summed E-state index contributed by atoms with van der Waals surface area (Å²) in [6.45, 7) is 6.43. The van der Waals surface area contributed by atoms with Crippen molar-refractivity contribution in [3.63, 3.8) is 0 Å². The second kappa shape index (κ2) is 15.0. The van der Waals surface area contributed by atoms with E-state index >= 15 is 0 Å². The first-order valence-corrected chi connectivity index (χ1v) is 12.9. The van der Waals surface area contributed by atoms with Gasteiger partial charge in [-0.15, -0.1) is 5.92 Å². The lowest BCUT2D eigenvalue weighted by Crippen LogP contribution is -2.28. The number of hydrogen-bond acceptors (Lipinski definition) is 6. The van der Waals surface area contributed by atoms with Gasteiger partial charge in [0, 0.05) is 13.0 Å². The summed E-state index contributed by atoms with van der Waals surface area (Å²) >= 11 is 0. The first-order valence-electron chi connectivity index (χ1n) is 12.9. The molecule has 36 heavy (non-hydrogen) atoms. The van der Waals surface area contributed by atoms with Gasteiger partial charge in [0.15, 0.2) is 5.79 Å². The Labute approximate surface area is 215 Å². The topological polar surface area (TPSA) is 66.4 Å². The third-order valence-electron chi connectivity index (χ3n) is 6.47. The summed E-state index contributed by atoms with van der Waals surface area (Å²) in [7, 11) is 1.65. The van der Waals surface area contributed by atoms with E-state index in [9.17, 15) is 5.11 Å². The molecule has 6 heteroatoms. The Balaban J connectivity index is 1.52. The molecule has 1 N–H and O–H groups in total. The van der Waals surface area contributed by atoms with E-state index in [1.54, 1.807) is 7.11 Å². The predicted octanol–water partition coefficient (Wildman–Crippen LogP) is 5.12. The molecule has 1 saturated heterocycles. The Kier molecular flexibility index (Phi) is 11.7. The van der Waals surface area contributed by atoms with Gasteiger partial charge in [-0.2, -0.15) is 0 Å². The summed E-state index contributed by atoms with van der Waals surface area (Å²) in [6.07, 6.45) is 1.97. The first-order chi connectivity index (χ1) is 17.6. The Bertz CT molecular complexity index is 929.